The number of benzene rings is 2. The van der Waals surface area contributed by atoms with Crippen LogP contribution in [0.3, 0.4) is 0 Å². The number of carbonyl (C=O) groups is 1. The molecule has 0 unspecified atom stereocenters. The smallest absolute Gasteiger partial charge is 0.264 e. The standard InChI is InChI=1S/C18H17N3O4S2/c1-13-7-5-6-10-15(13)25-11-16(22)19-17-20-21-18(26-17)27(23,24)12-14-8-3-2-4-9-14/h2-10H,11-12H2,1H3,(H,19,20,22). The normalized spacial score (nSPS) is 11.1. The van der Waals surface area contributed by atoms with Crippen LogP contribution in [0.2, 0.25) is 0 Å². The predicted molar refractivity (Wildman–Crippen MR) is 103 cm³/mol. The molecular weight excluding hydrogens is 386 g/mol. The fourth-order valence-corrected chi connectivity index (χ4v) is 4.59. The molecule has 9 heteroatoms. The van der Waals surface area contributed by atoms with Gasteiger partial charge in [-0.15, -0.1) is 10.2 Å². The maximum atomic E-state index is 12.4. The second kappa shape index (κ2) is 8.28. The molecule has 2 aromatic carbocycles. The zero-order valence-corrected chi connectivity index (χ0v) is 16.1. The summed E-state index contributed by atoms with van der Waals surface area (Å²) in [7, 11) is -3.63. The highest BCUT2D eigenvalue weighted by Crippen LogP contribution is 2.23. The van der Waals surface area contributed by atoms with Crippen LogP contribution in [0.5, 0.6) is 5.75 Å². The average molecular weight is 403 g/mol. The molecule has 140 valence electrons. The second-order valence-electron chi connectivity index (χ2n) is 5.72. The average Bonchev–Trinajstić information content (AvgIpc) is 3.11. The van der Waals surface area contributed by atoms with Crippen LogP contribution in [0, 0.1) is 6.92 Å². The van der Waals surface area contributed by atoms with Gasteiger partial charge >= 0.3 is 0 Å². The van der Waals surface area contributed by atoms with Gasteiger partial charge in [-0.25, -0.2) is 8.42 Å². The van der Waals surface area contributed by atoms with Crippen LogP contribution in [0.25, 0.3) is 0 Å². The van der Waals surface area contributed by atoms with Crippen molar-refractivity contribution in [1.82, 2.24) is 10.2 Å². The summed E-state index contributed by atoms with van der Waals surface area (Å²) in [6.07, 6.45) is 0. The Morgan fingerprint density at radius 1 is 1.07 bits per heavy atom. The van der Waals surface area contributed by atoms with Gasteiger partial charge in [-0.3, -0.25) is 10.1 Å². The first-order valence-corrected chi connectivity index (χ1v) is 10.5. The number of nitrogens with one attached hydrogen (secondary N) is 1. The van der Waals surface area contributed by atoms with Crippen molar-refractivity contribution in [3.8, 4) is 5.75 Å². The molecule has 0 atom stereocenters. The summed E-state index contributed by atoms with van der Waals surface area (Å²) in [6.45, 7) is 1.67. The van der Waals surface area contributed by atoms with E-state index in [4.69, 9.17) is 4.74 Å². The number of sulfone groups is 1. The number of rotatable bonds is 7. The number of aryl methyl sites for hydroxylation is 1. The summed E-state index contributed by atoms with van der Waals surface area (Å²) in [6, 6.07) is 16.1. The largest absolute Gasteiger partial charge is 0.483 e. The topological polar surface area (TPSA) is 98.2 Å². The minimum atomic E-state index is -3.63. The van der Waals surface area contributed by atoms with Gasteiger partial charge in [0, 0.05) is 0 Å². The first-order valence-electron chi connectivity index (χ1n) is 8.02. The van der Waals surface area contributed by atoms with Crippen LogP contribution in [0.4, 0.5) is 5.13 Å². The summed E-state index contributed by atoms with van der Waals surface area (Å²) >= 11 is 0.815. The molecule has 1 N–H and O–H groups in total. The van der Waals surface area contributed by atoms with Crippen LogP contribution in [0.15, 0.2) is 58.9 Å². The number of hydrogen-bond donors (Lipinski definition) is 1. The van der Waals surface area contributed by atoms with Gasteiger partial charge in [0.15, 0.2) is 6.61 Å². The van der Waals surface area contributed by atoms with Crippen molar-refractivity contribution < 1.29 is 17.9 Å². The number of carbonyl (C=O) groups excluding carboxylic acids is 1. The van der Waals surface area contributed by atoms with Crippen molar-refractivity contribution in [1.29, 1.82) is 0 Å². The number of anilines is 1. The Hall–Kier alpha value is -2.78. The zero-order valence-electron chi connectivity index (χ0n) is 14.5. The maximum Gasteiger partial charge on any atom is 0.264 e. The van der Waals surface area contributed by atoms with Crippen LogP contribution in [0.1, 0.15) is 11.1 Å². The van der Waals surface area contributed by atoms with Crippen LogP contribution in [-0.2, 0) is 20.4 Å². The summed E-state index contributed by atoms with van der Waals surface area (Å²) in [5, 5.41) is 10.0. The second-order valence-corrected chi connectivity index (χ2v) is 8.86. The Bertz CT molecular complexity index is 1030. The van der Waals surface area contributed by atoms with Crippen molar-refractivity contribution in [2.24, 2.45) is 0 Å². The van der Waals surface area contributed by atoms with Gasteiger partial charge in [-0.2, -0.15) is 0 Å². The van der Waals surface area contributed by atoms with Gasteiger partial charge in [0.2, 0.25) is 19.3 Å². The molecule has 0 fully saturated rings. The van der Waals surface area contributed by atoms with Crippen LogP contribution < -0.4 is 10.1 Å². The number of aromatic nitrogens is 2. The Morgan fingerprint density at radius 3 is 2.52 bits per heavy atom. The third-order valence-corrected chi connectivity index (χ3v) is 6.54. The molecule has 0 bridgehead atoms. The molecule has 0 aliphatic heterocycles. The number of ether oxygens (including phenoxy) is 1. The Labute approximate surface area is 161 Å². The molecule has 0 saturated heterocycles. The van der Waals surface area contributed by atoms with E-state index >= 15 is 0 Å². The maximum absolute atomic E-state index is 12.4. The van der Waals surface area contributed by atoms with Gasteiger partial charge in [-0.05, 0) is 24.1 Å². The lowest BCUT2D eigenvalue weighted by Crippen LogP contribution is -2.20. The van der Waals surface area contributed by atoms with Crippen molar-refractivity contribution in [2.45, 2.75) is 17.0 Å². The zero-order chi connectivity index (χ0) is 19.3. The quantitative estimate of drug-likeness (QED) is 0.609. The molecule has 0 spiro atoms. The third-order valence-electron chi connectivity index (χ3n) is 3.57. The highest BCUT2D eigenvalue weighted by atomic mass is 32.2. The summed E-state index contributed by atoms with van der Waals surface area (Å²) < 4.78 is 30.2. The van der Waals surface area contributed by atoms with Crippen molar-refractivity contribution >= 4 is 32.2 Å². The van der Waals surface area contributed by atoms with Crippen molar-refractivity contribution in [2.75, 3.05) is 11.9 Å². The molecule has 0 saturated carbocycles. The minimum absolute atomic E-state index is 0.111. The van der Waals surface area contributed by atoms with Crippen LogP contribution in [-0.4, -0.2) is 31.1 Å². The first kappa shape index (κ1) is 19.0. The molecule has 3 aromatic rings. The van der Waals surface area contributed by atoms with Gasteiger partial charge < -0.3 is 4.74 Å². The van der Waals surface area contributed by atoms with E-state index in [-0.39, 0.29) is 21.8 Å². The molecule has 0 aliphatic rings. The van der Waals surface area contributed by atoms with Gasteiger partial charge in [-0.1, -0.05) is 59.9 Å². The van der Waals surface area contributed by atoms with E-state index in [0.29, 0.717) is 11.3 Å². The number of nitrogens with zero attached hydrogens (tertiary/aromatic N) is 2. The molecule has 7 nitrogen and oxygen atoms in total. The van der Waals surface area contributed by atoms with Gasteiger partial charge in [0.25, 0.3) is 5.91 Å². The van der Waals surface area contributed by atoms with E-state index in [0.717, 1.165) is 16.9 Å². The molecule has 1 amide bonds. The fraction of sp³-hybridized carbons (Fsp3) is 0.167. The lowest BCUT2D eigenvalue weighted by Gasteiger charge is -2.07. The molecule has 3 rings (SSSR count). The lowest BCUT2D eigenvalue weighted by molar-refractivity contribution is -0.118. The monoisotopic (exact) mass is 403 g/mol. The fourth-order valence-electron chi connectivity index (χ4n) is 2.26. The molecule has 1 heterocycles. The van der Waals surface area contributed by atoms with E-state index in [9.17, 15) is 13.2 Å². The van der Waals surface area contributed by atoms with E-state index in [2.05, 4.69) is 15.5 Å². The highest BCUT2D eigenvalue weighted by molar-refractivity contribution is 7.92. The Morgan fingerprint density at radius 2 is 1.78 bits per heavy atom. The van der Waals surface area contributed by atoms with E-state index < -0.39 is 15.7 Å². The molecular formula is C18H17N3O4S2. The molecule has 0 radical (unpaired) electrons. The Kier molecular flexibility index (Phi) is 5.82. The lowest BCUT2D eigenvalue weighted by atomic mass is 10.2. The number of amides is 1. The third kappa shape index (κ3) is 5.11. The molecule has 27 heavy (non-hydrogen) atoms. The van der Waals surface area contributed by atoms with E-state index in [1.807, 2.05) is 31.2 Å². The molecule has 0 aliphatic carbocycles. The summed E-state index contributed by atoms with van der Waals surface area (Å²) in [5.41, 5.74) is 1.57. The van der Waals surface area contributed by atoms with E-state index in [1.54, 1.807) is 30.3 Å². The van der Waals surface area contributed by atoms with Crippen LogP contribution >= 0.6 is 11.3 Å². The van der Waals surface area contributed by atoms with Gasteiger partial charge in [0.05, 0.1) is 5.75 Å². The first-order chi connectivity index (χ1) is 12.9. The van der Waals surface area contributed by atoms with Gasteiger partial charge in [0.1, 0.15) is 5.75 Å². The predicted octanol–water partition coefficient (Wildman–Crippen LogP) is 2.84. The summed E-state index contributed by atoms with van der Waals surface area (Å²) in [4.78, 5) is 12.0. The summed E-state index contributed by atoms with van der Waals surface area (Å²) in [5.74, 6) is -0.00949. The SMILES string of the molecule is Cc1ccccc1OCC(=O)Nc1nnc(S(=O)(=O)Cc2ccccc2)s1. The highest BCUT2D eigenvalue weighted by Gasteiger charge is 2.21. The number of hydrogen-bond acceptors (Lipinski definition) is 7. The van der Waals surface area contributed by atoms with E-state index in [1.165, 1.54) is 0 Å². The minimum Gasteiger partial charge on any atom is -0.483 e. The number of para-hydroxylation sites is 1. The van der Waals surface area contributed by atoms with Crippen molar-refractivity contribution in [3.63, 3.8) is 0 Å². The Balaban J connectivity index is 1.60. The molecule has 1 aromatic heterocycles. The van der Waals surface area contributed by atoms with Crippen molar-refractivity contribution in [3.05, 3.63) is 65.7 Å².